The van der Waals surface area contributed by atoms with Gasteiger partial charge in [-0.3, -0.25) is 9.59 Å². The minimum absolute atomic E-state index is 0.0525. The van der Waals surface area contributed by atoms with Crippen molar-refractivity contribution in [2.45, 2.75) is 19.4 Å². The Morgan fingerprint density at radius 3 is 2.96 bits per heavy atom. The number of para-hydroxylation sites is 1. The normalized spacial score (nSPS) is 13.5. The molecule has 0 radical (unpaired) electrons. The van der Waals surface area contributed by atoms with E-state index in [1.54, 1.807) is 11.0 Å². The molecule has 0 aliphatic carbocycles. The van der Waals surface area contributed by atoms with Gasteiger partial charge in [-0.15, -0.1) is 0 Å². The summed E-state index contributed by atoms with van der Waals surface area (Å²) in [5, 5.41) is 10.1. The molecule has 0 unspecified atom stereocenters. The molecule has 0 saturated heterocycles. The smallest absolute Gasteiger partial charge is 0.266 e. The average molecular weight is 346 g/mol. The van der Waals surface area contributed by atoms with Crippen LogP contribution in [-0.4, -0.2) is 26.9 Å². The summed E-state index contributed by atoms with van der Waals surface area (Å²) in [6, 6.07) is 11.6. The van der Waals surface area contributed by atoms with E-state index in [4.69, 9.17) is 5.26 Å². The first-order valence-electron chi connectivity index (χ1n) is 8.52. The summed E-state index contributed by atoms with van der Waals surface area (Å²) in [4.78, 5) is 29.1. The van der Waals surface area contributed by atoms with Gasteiger partial charge in [-0.1, -0.05) is 18.2 Å². The van der Waals surface area contributed by atoms with E-state index in [1.807, 2.05) is 48.1 Å². The maximum Gasteiger partial charge on any atom is 0.266 e. The van der Waals surface area contributed by atoms with Crippen molar-refractivity contribution < 1.29 is 4.79 Å². The van der Waals surface area contributed by atoms with Crippen molar-refractivity contribution in [3.8, 4) is 6.07 Å². The minimum atomic E-state index is -0.359. The molecule has 0 spiro atoms. The van der Waals surface area contributed by atoms with Crippen molar-refractivity contribution in [1.82, 2.24) is 14.5 Å². The maximum absolute atomic E-state index is 12.8. The Balaban J connectivity index is 1.58. The van der Waals surface area contributed by atoms with Gasteiger partial charge in [-0.05, 0) is 23.3 Å². The molecular formula is C20H18N4O2. The van der Waals surface area contributed by atoms with Crippen molar-refractivity contribution in [3.63, 3.8) is 0 Å². The second-order valence-electron chi connectivity index (χ2n) is 6.65. The van der Waals surface area contributed by atoms with Crippen molar-refractivity contribution >= 4 is 16.8 Å². The molecule has 0 fully saturated rings. The SMILES string of the molecule is Cn1cc(CC(=O)N2CCc3[nH]c(=O)c(C#N)cc3C2)c2ccccc21. The van der Waals surface area contributed by atoms with Gasteiger partial charge in [0.1, 0.15) is 11.6 Å². The Bertz CT molecular complexity index is 1120. The van der Waals surface area contributed by atoms with Crippen molar-refractivity contribution in [1.29, 1.82) is 5.26 Å². The monoisotopic (exact) mass is 346 g/mol. The van der Waals surface area contributed by atoms with Crippen molar-refractivity contribution in [2.24, 2.45) is 7.05 Å². The second kappa shape index (κ2) is 6.19. The highest BCUT2D eigenvalue weighted by Crippen LogP contribution is 2.23. The molecule has 1 aliphatic heterocycles. The summed E-state index contributed by atoms with van der Waals surface area (Å²) in [6.45, 7) is 0.989. The van der Waals surface area contributed by atoms with Crippen LogP contribution in [0.5, 0.6) is 0 Å². The third-order valence-electron chi connectivity index (χ3n) is 5.00. The fraction of sp³-hybridized carbons (Fsp3) is 0.250. The minimum Gasteiger partial charge on any atom is -0.350 e. The number of carbonyl (C=O) groups excluding carboxylic acids is 1. The highest BCUT2D eigenvalue weighted by Gasteiger charge is 2.23. The molecule has 3 heterocycles. The zero-order valence-corrected chi connectivity index (χ0v) is 14.5. The number of pyridine rings is 1. The van der Waals surface area contributed by atoms with E-state index in [0.29, 0.717) is 25.9 Å². The summed E-state index contributed by atoms with van der Waals surface area (Å²) < 4.78 is 2.04. The van der Waals surface area contributed by atoms with Crippen LogP contribution in [0.15, 0.2) is 41.3 Å². The molecule has 6 heteroatoms. The second-order valence-corrected chi connectivity index (χ2v) is 6.65. The van der Waals surface area contributed by atoms with Gasteiger partial charge in [0, 0.05) is 49.4 Å². The predicted molar refractivity (Wildman–Crippen MR) is 97.5 cm³/mol. The summed E-state index contributed by atoms with van der Waals surface area (Å²) >= 11 is 0. The first-order chi connectivity index (χ1) is 12.6. The molecule has 130 valence electrons. The number of nitriles is 1. The topological polar surface area (TPSA) is 81.9 Å². The van der Waals surface area contributed by atoms with E-state index in [1.165, 1.54) is 0 Å². The van der Waals surface area contributed by atoms with Gasteiger partial charge >= 0.3 is 0 Å². The number of aromatic nitrogens is 2. The highest BCUT2D eigenvalue weighted by atomic mass is 16.2. The molecule has 0 bridgehead atoms. The van der Waals surface area contributed by atoms with Crippen LogP contribution in [-0.2, 0) is 31.2 Å². The molecule has 1 N–H and O–H groups in total. The maximum atomic E-state index is 12.8. The molecule has 3 aromatic rings. The lowest BCUT2D eigenvalue weighted by atomic mass is 10.0. The summed E-state index contributed by atoms with van der Waals surface area (Å²) in [5.41, 5.74) is 3.52. The van der Waals surface area contributed by atoms with Crippen LogP contribution in [0.3, 0.4) is 0 Å². The van der Waals surface area contributed by atoms with Crippen LogP contribution in [0, 0.1) is 11.3 Å². The van der Waals surface area contributed by atoms with Gasteiger partial charge in [0.05, 0.1) is 6.42 Å². The standard InChI is InChI=1S/C20H18N4O2/c1-23-11-14(16-4-2-3-5-18(16)23)9-19(25)24-7-6-17-15(12-24)8-13(10-21)20(26)22-17/h2-5,8,11H,6-7,9,12H2,1H3,(H,22,26). The quantitative estimate of drug-likeness (QED) is 0.769. The van der Waals surface area contributed by atoms with E-state index in [-0.39, 0.29) is 17.0 Å². The van der Waals surface area contributed by atoms with Crippen LogP contribution < -0.4 is 5.56 Å². The Morgan fingerprint density at radius 2 is 2.15 bits per heavy atom. The third kappa shape index (κ3) is 2.68. The van der Waals surface area contributed by atoms with Crippen LogP contribution in [0.1, 0.15) is 22.4 Å². The first-order valence-corrected chi connectivity index (χ1v) is 8.52. The van der Waals surface area contributed by atoms with Gasteiger partial charge in [0.15, 0.2) is 0 Å². The van der Waals surface area contributed by atoms with Gasteiger partial charge in [0.2, 0.25) is 5.91 Å². The van der Waals surface area contributed by atoms with E-state index in [9.17, 15) is 9.59 Å². The lowest BCUT2D eigenvalue weighted by Crippen LogP contribution is -2.38. The van der Waals surface area contributed by atoms with Crippen molar-refractivity contribution in [2.75, 3.05) is 6.54 Å². The largest absolute Gasteiger partial charge is 0.350 e. The summed E-state index contributed by atoms with van der Waals surface area (Å²) in [7, 11) is 1.98. The highest BCUT2D eigenvalue weighted by molar-refractivity contribution is 5.89. The third-order valence-corrected chi connectivity index (χ3v) is 5.00. The van der Waals surface area contributed by atoms with Gasteiger partial charge in [-0.25, -0.2) is 0 Å². The van der Waals surface area contributed by atoms with Gasteiger partial charge < -0.3 is 14.5 Å². The number of aryl methyl sites for hydroxylation is 1. The zero-order chi connectivity index (χ0) is 18.3. The number of rotatable bonds is 2. The fourth-order valence-corrected chi connectivity index (χ4v) is 3.64. The molecule has 1 aliphatic rings. The average Bonchev–Trinajstić information content (AvgIpc) is 2.96. The predicted octanol–water partition coefficient (Wildman–Crippen LogP) is 1.87. The lowest BCUT2D eigenvalue weighted by molar-refractivity contribution is -0.131. The van der Waals surface area contributed by atoms with Crippen LogP contribution in [0.2, 0.25) is 0 Å². The Hall–Kier alpha value is -3.33. The van der Waals surface area contributed by atoms with E-state index < -0.39 is 0 Å². The summed E-state index contributed by atoms with van der Waals surface area (Å²) in [5.74, 6) is 0.0525. The fourth-order valence-electron chi connectivity index (χ4n) is 3.64. The number of hydrogen-bond donors (Lipinski definition) is 1. The number of nitrogens with one attached hydrogen (secondary N) is 1. The molecule has 1 aromatic carbocycles. The number of nitrogens with zero attached hydrogens (tertiary/aromatic N) is 3. The van der Waals surface area contributed by atoms with E-state index in [2.05, 4.69) is 4.98 Å². The van der Waals surface area contributed by atoms with Gasteiger partial charge in [0.25, 0.3) is 5.56 Å². The summed E-state index contributed by atoms with van der Waals surface area (Å²) in [6.07, 6.45) is 2.94. The van der Waals surface area contributed by atoms with E-state index in [0.717, 1.165) is 27.7 Å². The van der Waals surface area contributed by atoms with Crippen LogP contribution in [0.4, 0.5) is 0 Å². The molecule has 26 heavy (non-hydrogen) atoms. The Labute approximate surface area is 150 Å². The number of carbonyl (C=O) groups is 1. The number of aromatic amines is 1. The number of amides is 1. The molecule has 0 saturated carbocycles. The van der Waals surface area contributed by atoms with Gasteiger partial charge in [-0.2, -0.15) is 5.26 Å². The molecular weight excluding hydrogens is 328 g/mol. The molecule has 6 nitrogen and oxygen atoms in total. The molecule has 1 amide bonds. The Kier molecular flexibility index (Phi) is 3.85. The number of H-pyrrole nitrogens is 1. The first kappa shape index (κ1) is 16.2. The molecule has 2 aromatic heterocycles. The van der Waals surface area contributed by atoms with Crippen molar-refractivity contribution in [3.05, 3.63) is 69.3 Å². The molecule has 4 rings (SSSR count). The number of hydrogen-bond acceptors (Lipinski definition) is 3. The van der Waals surface area contributed by atoms with Crippen LogP contribution in [0.25, 0.3) is 10.9 Å². The molecule has 0 atom stereocenters. The zero-order valence-electron chi connectivity index (χ0n) is 14.5. The number of fused-ring (bicyclic) bond motifs is 2. The Morgan fingerprint density at radius 1 is 1.35 bits per heavy atom. The van der Waals surface area contributed by atoms with E-state index >= 15 is 0 Å². The lowest BCUT2D eigenvalue weighted by Gasteiger charge is -2.28. The number of benzene rings is 1. The van der Waals surface area contributed by atoms with Crippen LogP contribution >= 0.6 is 0 Å².